The van der Waals surface area contributed by atoms with Crippen LogP contribution in [0, 0.1) is 16.7 Å². The molecule has 1 aromatic heterocycles. The molecule has 7 nitrogen and oxygen atoms in total. The molecule has 1 saturated carbocycles. The van der Waals surface area contributed by atoms with Crippen molar-refractivity contribution in [2.75, 3.05) is 25.1 Å². The maximum absolute atomic E-state index is 11.9. The van der Waals surface area contributed by atoms with E-state index in [0.717, 1.165) is 6.42 Å². The first-order valence-electron chi connectivity index (χ1n) is 7.25. The number of carbonyl (C=O) groups is 2. The molecule has 0 bridgehead atoms. The van der Waals surface area contributed by atoms with Gasteiger partial charge in [-0.05, 0) is 17.8 Å². The summed E-state index contributed by atoms with van der Waals surface area (Å²) >= 11 is 0. The van der Waals surface area contributed by atoms with Gasteiger partial charge in [0.2, 0.25) is 11.9 Å². The number of methoxy groups -OCH3 is 1. The summed E-state index contributed by atoms with van der Waals surface area (Å²) in [6.07, 6.45) is 3.67. The minimum Gasteiger partial charge on any atom is -0.465 e. The van der Waals surface area contributed by atoms with Crippen LogP contribution in [0.1, 0.15) is 30.6 Å². The van der Waals surface area contributed by atoms with Gasteiger partial charge in [0.15, 0.2) is 0 Å². The van der Waals surface area contributed by atoms with Gasteiger partial charge in [0.05, 0.1) is 18.1 Å². The molecule has 0 aromatic carbocycles. The Balaban J connectivity index is 1.83. The lowest BCUT2D eigenvalue weighted by molar-refractivity contribution is -0.148. The normalized spacial score (nSPS) is 28.7. The predicted octanol–water partition coefficient (Wildman–Crippen LogP) is 0.601. The molecule has 1 amide bonds. The Labute approximate surface area is 128 Å². The highest BCUT2D eigenvalue weighted by molar-refractivity contribution is 5.88. The molecule has 3 rings (SSSR count). The minimum atomic E-state index is -0.478. The van der Waals surface area contributed by atoms with Gasteiger partial charge >= 0.3 is 5.97 Å². The number of hydrogen-bond acceptors (Lipinski definition) is 6. The summed E-state index contributed by atoms with van der Waals surface area (Å²) in [5, 5.41) is 0. The summed E-state index contributed by atoms with van der Waals surface area (Å²) in [5.41, 5.74) is 5.57. The van der Waals surface area contributed by atoms with Gasteiger partial charge in [-0.3, -0.25) is 4.79 Å². The number of ether oxygens (including phenoxy) is 1. The lowest BCUT2D eigenvalue weighted by Crippen LogP contribution is -2.59. The largest absolute Gasteiger partial charge is 0.465 e. The number of nitrogens with two attached hydrogens (primary N) is 1. The highest BCUT2D eigenvalue weighted by atomic mass is 16.5. The molecule has 2 fully saturated rings. The molecule has 1 aromatic rings. The second-order valence-electron chi connectivity index (χ2n) is 6.88. The van der Waals surface area contributed by atoms with Crippen LogP contribution in [-0.4, -0.2) is 42.0 Å². The number of hydrogen-bond donors (Lipinski definition) is 1. The number of primary amides is 1. The fraction of sp³-hybridized carbons (Fsp3) is 0.600. The van der Waals surface area contributed by atoms with Crippen molar-refractivity contribution < 1.29 is 14.3 Å². The van der Waals surface area contributed by atoms with Gasteiger partial charge in [0.25, 0.3) is 0 Å². The van der Waals surface area contributed by atoms with Crippen LogP contribution in [0.5, 0.6) is 0 Å². The lowest BCUT2D eigenvalue weighted by Gasteiger charge is -2.54. The Kier molecular flexibility index (Phi) is 3.12. The van der Waals surface area contributed by atoms with Crippen LogP contribution in [0.15, 0.2) is 12.4 Å². The number of nitrogens with zero attached hydrogens (tertiary/aromatic N) is 3. The predicted molar refractivity (Wildman–Crippen MR) is 79.1 cm³/mol. The van der Waals surface area contributed by atoms with E-state index >= 15 is 0 Å². The van der Waals surface area contributed by atoms with E-state index < -0.39 is 11.4 Å². The smallest absolute Gasteiger partial charge is 0.341 e. The molecular weight excluding hydrogens is 284 g/mol. The topological polar surface area (TPSA) is 98.4 Å². The zero-order chi connectivity index (χ0) is 16.1. The number of rotatable bonds is 3. The number of amides is 1. The summed E-state index contributed by atoms with van der Waals surface area (Å²) in [4.78, 5) is 33.8. The molecule has 22 heavy (non-hydrogen) atoms. The van der Waals surface area contributed by atoms with Gasteiger partial charge in [0.1, 0.15) is 0 Å². The first kappa shape index (κ1) is 14.7. The van der Waals surface area contributed by atoms with Crippen molar-refractivity contribution in [1.29, 1.82) is 0 Å². The van der Waals surface area contributed by atoms with E-state index in [4.69, 9.17) is 5.73 Å². The summed E-state index contributed by atoms with van der Waals surface area (Å²) in [6.45, 7) is 5.55. The van der Waals surface area contributed by atoms with E-state index in [1.165, 1.54) is 19.5 Å². The third-order valence-corrected chi connectivity index (χ3v) is 5.09. The van der Waals surface area contributed by atoms with E-state index in [1.54, 1.807) is 0 Å². The Morgan fingerprint density at radius 2 is 2.00 bits per heavy atom. The quantitative estimate of drug-likeness (QED) is 0.821. The maximum Gasteiger partial charge on any atom is 0.341 e. The Morgan fingerprint density at radius 3 is 2.45 bits per heavy atom. The zero-order valence-corrected chi connectivity index (χ0v) is 13.0. The van der Waals surface area contributed by atoms with Crippen molar-refractivity contribution in [3.8, 4) is 0 Å². The number of anilines is 1. The Morgan fingerprint density at radius 1 is 1.36 bits per heavy atom. The monoisotopic (exact) mass is 304 g/mol. The molecule has 1 saturated heterocycles. The first-order valence-corrected chi connectivity index (χ1v) is 7.25. The molecule has 2 heterocycles. The summed E-state index contributed by atoms with van der Waals surface area (Å²) < 4.78 is 4.63. The van der Waals surface area contributed by atoms with Crippen LogP contribution in [0.4, 0.5) is 5.95 Å². The summed E-state index contributed by atoms with van der Waals surface area (Å²) in [5.74, 6) is 0.00754. The highest BCUT2D eigenvalue weighted by Gasteiger charge is 2.66. The molecule has 118 valence electrons. The fourth-order valence-corrected chi connectivity index (χ4v) is 4.09. The SMILES string of the molecule is COC(=O)c1cnc(N2C[C@@H]3C(C)(C)C[C@]3(C(N)=O)C2)nc1. The zero-order valence-electron chi connectivity index (χ0n) is 13.0. The average Bonchev–Trinajstić information content (AvgIpc) is 2.83. The molecule has 2 N–H and O–H groups in total. The first-order chi connectivity index (χ1) is 10.3. The van der Waals surface area contributed by atoms with Crippen molar-refractivity contribution in [3.63, 3.8) is 0 Å². The number of carbonyl (C=O) groups excluding carboxylic acids is 2. The van der Waals surface area contributed by atoms with Gasteiger partial charge < -0.3 is 15.4 Å². The molecule has 2 atom stereocenters. The molecule has 2 aliphatic rings. The van der Waals surface area contributed by atoms with Gasteiger partial charge in [-0.1, -0.05) is 13.8 Å². The van der Waals surface area contributed by atoms with Crippen molar-refractivity contribution in [3.05, 3.63) is 18.0 Å². The van der Waals surface area contributed by atoms with Crippen LogP contribution in [0.2, 0.25) is 0 Å². The number of esters is 1. The molecule has 0 unspecified atom stereocenters. The van der Waals surface area contributed by atoms with E-state index in [0.29, 0.717) is 24.6 Å². The van der Waals surface area contributed by atoms with E-state index in [-0.39, 0.29) is 17.2 Å². The van der Waals surface area contributed by atoms with Gasteiger partial charge in [0, 0.05) is 25.5 Å². The van der Waals surface area contributed by atoms with Crippen LogP contribution in [0.25, 0.3) is 0 Å². The molecule has 0 radical (unpaired) electrons. The molecule has 1 aliphatic heterocycles. The van der Waals surface area contributed by atoms with Crippen LogP contribution >= 0.6 is 0 Å². The van der Waals surface area contributed by atoms with Crippen LogP contribution in [0.3, 0.4) is 0 Å². The van der Waals surface area contributed by atoms with E-state index in [2.05, 4.69) is 28.6 Å². The second kappa shape index (κ2) is 4.66. The van der Waals surface area contributed by atoms with E-state index in [1.807, 2.05) is 4.90 Å². The van der Waals surface area contributed by atoms with Gasteiger partial charge in [-0.25, -0.2) is 14.8 Å². The van der Waals surface area contributed by atoms with Crippen LogP contribution in [-0.2, 0) is 9.53 Å². The molecular formula is C15H20N4O3. The van der Waals surface area contributed by atoms with Gasteiger partial charge in [-0.2, -0.15) is 0 Å². The van der Waals surface area contributed by atoms with Crippen molar-refractivity contribution in [1.82, 2.24) is 9.97 Å². The number of fused-ring (bicyclic) bond motifs is 1. The van der Waals surface area contributed by atoms with E-state index in [9.17, 15) is 9.59 Å². The van der Waals surface area contributed by atoms with Gasteiger partial charge in [-0.15, -0.1) is 0 Å². The average molecular weight is 304 g/mol. The maximum atomic E-state index is 11.9. The fourth-order valence-electron chi connectivity index (χ4n) is 4.09. The summed E-state index contributed by atoms with van der Waals surface area (Å²) in [7, 11) is 1.31. The Hall–Kier alpha value is -2.18. The second-order valence-corrected chi connectivity index (χ2v) is 6.88. The molecule has 7 heteroatoms. The molecule has 0 spiro atoms. The van der Waals surface area contributed by atoms with Crippen molar-refractivity contribution in [2.45, 2.75) is 20.3 Å². The van der Waals surface area contributed by atoms with Crippen molar-refractivity contribution in [2.24, 2.45) is 22.5 Å². The molecule has 1 aliphatic carbocycles. The summed E-state index contributed by atoms with van der Waals surface area (Å²) in [6, 6.07) is 0. The van der Waals surface area contributed by atoms with Crippen molar-refractivity contribution >= 4 is 17.8 Å². The minimum absolute atomic E-state index is 0.0930. The standard InChI is InChI=1S/C15H20N4O3/c1-14(2)7-15(12(16)21)8-19(6-10(14)15)13-17-4-9(5-18-13)11(20)22-3/h4-5,10H,6-8H2,1-3H3,(H2,16,21)/t10-,15+/m1/s1. The number of aromatic nitrogens is 2. The highest BCUT2D eigenvalue weighted by Crippen LogP contribution is 2.62. The van der Waals surface area contributed by atoms with Crippen LogP contribution < -0.4 is 10.6 Å². The third kappa shape index (κ3) is 1.95. The third-order valence-electron chi connectivity index (χ3n) is 5.09. The lowest BCUT2D eigenvalue weighted by atomic mass is 9.48. The Bertz CT molecular complexity index is 628.